The Balaban J connectivity index is 1.94. The van der Waals surface area contributed by atoms with E-state index in [9.17, 15) is 0 Å². The Kier molecular flexibility index (Phi) is 3.19. The van der Waals surface area contributed by atoms with E-state index in [1.165, 1.54) is 24.4 Å². The Bertz CT molecular complexity index is 250. The van der Waals surface area contributed by atoms with E-state index in [4.69, 9.17) is 11.6 Å². The summed E-state index contributed by atoms with van der Waals surface area (Å²) in [6, 6.07) is 0.575. The van der Waals surface area contributed by atoms with Gasteiger partial charge < -0.3 is 0 Å². The van der Waals surface area contributed by atoms with Gasteiger partial charge in [-0.25, -0.2) is 4.98 Å². The molecule has 2 nitrogen and oxygen atoms in total. The number of halogens is 1. The predicted molar refractivity (Wildman–Crippen MR) is 56.3 cm³/mol. The number of aromatic nitrogens is 1. The van der Waals surface area contributed by atoms with Gasteiger partial charge in [-0.1, -0.05) is 0 Å². The van der Waals surface area contributed by atoms with Crippen molar-refractivity contribution in [1.82, 2.24) is 9.88 Å². The lowest BCUT2D eigenvalue weighted by Crippen LogP contribution is -2.29. The molecule has 1 aliphatic heterocycles. The number of hydrogen-bond donors (Lipinski definition) is 0. The van der Waals surface area contributed by atoms with Crippen LogP contribution in [0.3, 0.4) is 0 Å². The molecule has 13 heavy (non-hydrogen) atoms. The van der Waals surface area contributed by atoms with Crippen LogP contribution in [0, 0.1) is 0 Å². The summed E-state index contributed by atoms with van der Waals surface area (Å²) in [6.45, 7) is 2.16. The van der Waals surface area contributed by atoms with E-state index in [1.54, 1.807) is 11.3 Å². The summed E-state index contributed by atoms with van der Waals surface area (Å²) in [5.74, 6) is 0.755. The molecule has 1 unspecified atom stereocenters. The summed E-state index contributed by atoms with van der Waals surface area (Å²) < 4.78 is 0. The van der Waals surface area contributed by atoms with Crippen LogP contribution in [0.15, 0.2) is 11.6 Å². The molecule has 1 fully saturated rings. The van der Waals surface area contributed by atoms with Crippen LogP contribution in [0.2, 0.25) is 0 Å². The molecule has 0 saturated carbocycles. The molecule has 0 aliphatic carbocycles. The summed E-state index contributed by atoms with van der Waals surface area (Å²) in [6.07, 6.45) is 4.39. The second kappa shape index (κ2) is 4.40. The minimum absolute atomic E-state index is 0.575. The topological polar surface area (TPSA) is 16.1 Å². The summed E-state index contributed by atoms with van der Waals surface area (Å²) in [4.78, 5) is 6.72. The standard InChI is InChI=1S/C9H13ClN2S/c10-6-8-2-1-4-12(8)7-9-11-3-5-13-9/h3,5,8H,1-2,4,6-7H2. The molecule has 2 rings (SSSR count). The molecule has 1 saturated heterocycles. The fraction of sp³-hybridized carbons (Fsp3) is 0.667. The first-order valence-electron chi connectivity index (χ1n) is 4.58. The van der Waals surface area contributed by atoms with E-state index in [0.717, 1.165) is 12.4 Å². The average molecular weight is 217 g/mol. The summed E-state index contributed by atoms with van der Waals surface area (Å²) in [5, 5.41) is 3.23. The molecule has 0 bridgehead atoms. The quantitative estimate of drug-likeness (QED) is 0.722. The minimum Gasteiger partial charge on any atom is -0.293 e. The molecule has 0 N–H and O–H groups in total. The molecule has 0 amide bonds. The smallest absolute Gasteiger partial charge is 0.107 e. The van der Waals surface area contributed by atoms with E-state index in [-0.39, 0.29) is 0 Å². The molecular weight excluding hydrogens is 204 g/mol. The van der Waals surface area contributed by atoms with Crippen molar-refractivity contribution in [1.29, 1.82) is 0 Å². The van der Waals surface area contributed by atoms with Gasteiger partial charge in [0.15, 0.2) is 0 Å². The minimum atomic E-state index is 0.575. The number of nitrogens with zero attached hydrogens (tertiary/aromatic N) is 2. The first kappa shape index (κ1) is 9.44. The molecular formula is C9H13ClN2S. The zero-order valence-corrected chi connectivity index (χ0v) is 9.02. The van der Waals surface area contributed by atoms with Gasteiger partial charge in [0.2, 0.25) is 0 Å². The van der Waals surface area contributed by atoms with Crippen LogP contribution in [-0.4, -0.2) is 28.4 Å². The molecule has 2 heterocycles. The molecule has 0 aromatic carbocycles. The highest BCUT2D eigenvalue weighted by molar-refractivity contribution is 7.09. The highest BCUT2D eigenvalue weighted by atomic mass is 35.5. The highest BCUT2D eigenvalue weighted by Gasteiger charge is 2.23. The Morgan fingerprint density at radius 2 is 2.62 bits per heavy atom. The Labute approximate surface area is 87.5 Å². The van der Waals surface area contributed by atoms with Crippen molar-refractivity contribution in [2.24, 2.45) is 0 Å². The third kappa shape index (κ3) is 2.22. The Hall–Kier alpha value is -0.120. The van der Waals surface area contributed by atoms with Crippen molar-refractivity contribution in [3.8, 4) is 0 Å². The van der Waals surface area contributed by atoms with Gasteiger partial charge in [0.25, 0.3) is 0 Å². The van der Waals surface area contributed by atoms with Crippen LogP contribution < -0.4 is 0 Å². The van der Waals surface area contributed by atoms with Crippen molar-refractivity contribution >= 4 is 22.9 Å². The van der Waals surface area contributed by atoms with Crippen LogP contribution >= 0.6 is 22.9 Å². The lowest BCUT2D eigenvalue weighted by molar-refractivity contribution is 0.262. The third-order valence-electron chi connectivity index (χ3n) is 2.50. The Morgan fingerprint density at radius 1 is 1.69 bits per heavy atom. The third-order valence-corrected chi connectivity index (χ3v) is 3.62. The summed E-state index contributed by atoms with van der Waals surface area (Å²) in [5.41, 5.74) is 0. The maximum absolute atomic E-state index is 5.88. The molecule has 1 aliphatic rings. The van der Waals surface area contributed by atoms with E-state index >= 15 is 0 Å². The molecule has 1 atom stereocenters. The molecule has 0 spiro atoms. The molecule has 1 aromatic rings. The number of alkyl halides is 1. The lowest BCUT2D eigenvalue weighted by atomic mass is 10.2. The van der Waals surface area contributed by atoms with Gasteiger partial charge in [-0.3, -0.25) is 4.90 Å². The molecule has 1 aromatic heterocycles. The van der Waals surface area contributed by atoms with Gasteiger partial charge in [-0.15, -0.1) is 22.9 Å². The van der Waals surface area contributed by atoms with E-state index < -0.39 is 0 Å². The van der Waals surface area contributed by atoms with Crippen molar-refractivity contribution in [2.45, 2.75) is 25.4 Å². The van der Waals surface area contributed by atoms with Gasteiger partial charge in [-0.05, 0) is 19.4 Å². The number of thiazole rings is 1. The molecule has 72 valence electrons. The lowest BCUT2D eigenvalue weighted by Gasteiger charge is -2.20. The van der Waals surface area contributed by atoms with Crippen LogP contribution in [0.1, 0.15) is 17.8 Å². The Morgan fingerprint density at radius 3 is 3.31 bits per heavy atom. The van der Waals surface area contributed by atoms with Crippen molar-refractivity contribution in [3.05, 3.63) is 16.6 Å². The SMILES string of the molecule is ClCC1CCCN1Cc1nccs1. The van der Waals surface area contributed by atoms with Gasteiger partial charge >= 0.3 is 0 Å². The number of rotatable bonds is 3. The van der Waals surface area contributed by atoms with Crippen LogP contribution in [0.4, 0.5) is 0 Å². The fourth-order valence-corrected chi connectivity index (χ4v) is 2.77. The highest BCUT2D eigenvalue weighted by Crippen LogP contribution is 2.21. The first-order valence-corrected chi connectivity index (χ1v) is 6.00. The normalized spacial score (nSPS) is 23.9. The van der Waals surface area contributed by atoms with Crippen LogP contribution in [0.25, 0.3) is 0 Å². The second-order valence-electron chi connectivity index (χ2n) is 3.35. The van der Waals surface area contributed by atoms with Gasteiger partial charge in [-0.2, -0.15) is 0 Å². The average Bonchev–Trinajstić information content (AvgIpc) is 2.76. The van der Waals surface area contributed by atoms with Gasteiger partial charge in [0.05, 0.1) is 6.54 Å². The monoisotopic (exact) mass is 216 g/mol. The maximum atomic E-state index is 5.88. The molecule has 0 radical (unpaired) electrons. The zero-order chi connectivity index (χ0) is 9.10. The molecule has 4 heteroatoms. The van der Waals surface area contributed by atoms with Gasteiger partial charge in [0, 0.05) is 23.5 Å². The van der Waals surface area contributed by atoms with Gasteiger partial charge in [0.1, 0.15) is 5.01 Å². The van der Waals surface area contributed by atoms with Crippen molar-refractivity contribution in [2.75, 3.05) is 12.4 Å². The van der Waals surface area contributed by atoms with E-state index in [0.29, 0.717) is 6.04 Å². The predicted octanol–water partition coefficient (Wildman–Crippen LogP) is 2.35. The van der Waals surface area contributed by atoms with Crippen molar-refractivity contribution in [3.63, 3.8) is 0 Å². The number of likely N-dealkylation sites (tertiary alicyclic amines) is 1. The van der Waals surface area contributed by atoms with Crippen LogP contribution in [0.5, 0.6) is 0 Å². The first-order chi connectivity index (χ1) is 6.40. The van der Waals surface area contributed by atoms with E-state index in [2.05, 4.69) is 9.88 Å². The fourth-order valence-electron chi connectivity index (χ4n) is 1.78. The largest absolute Gasteiger partial charge is 0.293 e. The summed E-state index contributed by atoms with van der Waals surface area (Å²) in [7, 11) is 0. The number of hydrogen-bond acceptors (Lipinski definition) is 3. The van der Waals surface area contributed by atoms with Crippen LogP contribution in [-0.2, 0) is 6.54 Å². The summed E-state index contributed by atoms with van der Waals surface area (Å²) >= 11 is 7.61. The van der Waals surface area contributed by atoms with Crippen molar-refractivity contribution < 1.29 is 0 Å². The van der Waals surface area contributed by atoms with E-state index in [1.807, 2.05) is 11.6 Å². The second-order valence-corrected chi connectivity index (χ2v) is 4.63. The zero-order valence-electron chi connectivity index (χ0n) is 7.45. The maximum Gasteiger partial charge on any atom is 0.107 e.